The van der Waals surface area contributed by atoms with Crippen LogP contribution in [-0.4, -0.2) is 37.2 Å². The molecule has 2 N–H and O–H groups in total. The highest BCUT2D eigenvalue weighted by molar-refractivity contribution is 5.83. The Morgan fingerprint density at radius 2 is 2.19 bits per heavy atom. The molecular weight excluding hydrogens is 276 g/mol. The maximum absolute atomic E-state index is 12.0. The maximum atomic E-state index is 12.0. The first-order chi connectivity index (χ1) is 10.0. The van der Waals surface area contributed by atoms with E-state index in [1.807, 2.05) is 6.92 Å². The minimum atomic E-state index is -1.09. The van der Waals surface area contributed by atoms with Crippen molar-refractivity contribution in [3.63, 3.8) is 0 Å². The summed E-state index contributed by atoms with van der Waals surface area (Å²) in [5.74, 6) is -1.64. The van der Waals surface area contributed by atoms with Gasteiger partial charge in [0.25, 0.3) is 0 Å². The minimum absolute atomic E-state index is 0.312. The molecule has 1 unspecified atom stereocenters. The second-order valence-corrected chi connectivity index (χ2v) is 4.62. The average molecular weight is 292 g/mol. The predicted octanol–water partition coefficient (Wildman–Crippen LogP) is -0.135. The zero-order chi connectivity index (χ0) is 15.4. The Kier molecular flexibility index (Phi) is 4.36. The van der Waals surface area contributed by atoms with Gasteiger partial charge in [-0.3, -0.25) is 9.20 Å². The molecule has 0 fully saturated rings. The predicted molar refractivity (Wildman–Crippen MR) is 73.9 cm³/mol. The average Bonchev–Trinajstić information content (AvgIpc) is 2.75. The van der Waals surface area contributed by atoms with Gasteiger partial charge in [0.05, 0.1) is 0 Å². The topological polar surface area (TPSA) is 106 Å². The van der Waals surface area contributed by atoms with Crippen molar-refractivity contribution in [1.82, 2.24) is 19.5 Å². The molecule has 2 rings (SSSR count). The van der Waals surface area contributed by atoms with Gasteiger partial charge in [0.2, 0.25) is 5.91 Å². The third kappa shape index (κ3) is 3.28. The smallest absolute Gasteiger partial charge is 0.350 e. The van der Waals surface area contributed by atoms with Crippen molar-refractivity contribution in [2.24, 2.45) is 0 Å². The standard InChI is InChI=1S/C13H16N4O4/c1-2-5-9(12(19)20)14-11(18)8-17-13(21)16-7-4-3-6-10(16)15-17/h3-4,6-7,9H,2,5,8H2,1H3,(H,14,18)(H,19,20). The number of nitrogens with one attached hydrogen (secondary N) is 1. The number of fused-ring (bicyclic) bond motifs is 1. The lowest BCUT2D eigenvalue weighted by molar-refractivity contribution is -0.142. The Morgan fingerprint density at radius 3 is 2.81 bits per heavy atom. The lowest BCUT2D eigenvalue weighted by atomic mass is 10.1. The molecule has 2 aromatic heterocycles. The highest BCUT2D eigenvalue weighted by Crippen LogP contribution is 1.98. The quantitative estimate of drug-likeness (QED) is 0.771. The van der Waals surface area contributed by atoms with Crippen molar-refractivity contribution in [1.29, 1.82) is 0 Å². The van der Waals surface area contributed by atoms with Crippen molar-refractivity contribution < 1.29 is 14.7 Å². The highest BCUT2D eigenvalue weighted by atomic mass is 16.4. The maximum Gasteiger partial charge on any atom is 0.350 e. The summed E-state index contributed by atoms with van der Waals surface area (Å²) in [4.78, 5) is 34.8. The van der Waals surface area contributed by atoms with E-state index in [2.05, 4.69) is 10.4 Å². The Bertz CT molecular complexity index is 718. The number of aliphatic carboxylic acids is 1. The Labute approximate surface area is 120 Å². The van der Waals surface area contributed by atoms with E-state index in [1.54, 1.807) is 24.4 Å². The normalized spacial score (nSPS) is 12.2. The summed E-state index contributed by atoms with van der Waals surface area (Å²) in [6.45, 7) is 1.52. The Hall–Kier alpha value is -2.64. The summed E-state index contributed by atoms with van der Waals surface area (Å²) in [5.41, 5.74) is -0.0123. The number of amides is 1. The summed E-state index contributed by atoms with van der Waals surface area (Å²) in [7, 11) is 0. The van der Waals surface area contributed by atoms with Crippen LogP contribution in [0.3, 0.4) is 0 Å². The number of hydrogen-bond donors (Lipinski definition) is 2. The summed E-state index contributed by atoms with van der Waals surface area (Å²) < 4.78 is 2.32. The van der Waals surface area contributed by atoms with E-state index in [9.17, 15) is 14.4 Å². The molecule has 1 amide bonds. The molecule has 1 atom stereocenters. The third-order valence-corrected chi connectivity index (χ3v) is 2.99. The molecule has 2 heterocycles. The fourth-order valence-electron chi connectivity index (χ4n) is 1.99. The molecule has 0 saturated carbocycles. The summed E-state index contributed by atoms with van der Waals surface area (Å²) >= 11 is 0. The van der Waals surface area contributed by atoms with Gasteiger partial charge in [-0.1, -0.05) is 19.4 Å². The summed E-state index contributed by atoms with van der Waals surface area (Å²) in [5, 5.41) is 15.4. The number of carboxylic acids is 1. The first-order valence-corrected chi connectivity index (χ1v) is 6.59. The third-order valence-electron chi connectivity index (χ3n) is 2.99. The molecule has 2 aromatic rings. The van der Waals surface area contributed by atoms with Crippen LogP contribution >= 0.6 is 0 Å². The number of pyridine rings is 1. The highest BCUT2D eigenvalue weighted by Gasteiger charge is 2.19. The number of rotatable bonds is 6. The van der Waals surface area contributed by atoms with Gasteiger partial charge >= 0.3 is 11.7 Å². The lowest BCUT2D eigenvalue weighted by Gasteiger charge is -2.12. The summed E-state index contributed by atoms with van der Waals surface area (Å²) in [6.07, 6.45) is 2.52. The molecule has 0 saturated heterocycles. The molecule has 0 aliphatic rings. The monoisotopic (exact) mass is 292 g/mol. The van der Waals surface area contributed by atoms with Crippen LogP contribution < -0.4 is 11.0 Å². The number of carbonyl (C=O) groups is 2. The van der Waals surface area contributed by atoms with Gasteiger partial charge in [-0.25, -0.2) is 14.3 Å². The molecule has 0 radical (unpaired) electrons. The van der Waals surface area contributed by atoms with Crippen LogP contribution in [0.2, 0.25) is 0 Å². The zero-order valence-corrected chi connectivity index (χ0v) is 11.5. The van der Waals surface area contributed by atoms with E-state index in [0.717, 1.165) is 4.68 Å². The number of carboxylic acid groups (broad SMARTS) is 1. The minimum Gasteiger partial charge on any atom is -0.480 e. The molecule has 0 aliphatic heterocycles. The Morgan fingerprint density at radius 1 is 1.43 bits per heavy atom. The van der Waals surface area contributed by atoms with E-state index >= 15 is 0 Å². The van der Waals surface area contributed by atoms with Crippen molar-refractivity contribution in [3.05, 3.63) is 34.9 Å². The van der Waals surface area contributed by atoms with Gasteiger partial charge in [0.15, 0.2) is 5.65 Å². The molecule has 0 aromatic carbocycles. The second-order valence-electron chi connectivity index (χ2n) is 4.62. The fraction of sp³-hybridized carbons (Fsp3) is 0.385. The van der Waals surface area contributed by atoms with Gasteiger partial charge in [0, 0.05) is 6.20 Å². The molecule has 112 valence electrons. The van der Waals surface area contributed by atoms with Gasteiger partial charge in [-0.15, -0.1) is 5.10 Å². The van der Waals surface area contributed by atoms with Crippen molar-refractivity contribution in [3.8, 4) is 0 Å². The first kappa shape index (κ1) is 14.8. The van der Waals surface area contributed by atoms with Crippen LogP contribution in [-0.2, 0) is 16.1 Å². The molecule has 0 aliphatic carbocycles. The first-order valence-electron chi connectivity index (χ1n) is 6.59. The van der Waals surface area contributed by atoms with Gasteiger partial charge in [0.1, 0.15) is 12.6 Å². The number of carbonyl (C=O) groups excluding carboxylic acids is 1. The van der Waals surface area contributed by atoms with Crippen LogP contribution in [0.1, 0.15) is 19.8 Å². The second kappa shape index (κ2) is 6.21. The van der Waals surface area contributed by atoms with Crippen LogP contribution in [0.5, 0.6) is 0 Å². The Balaban J connectivity index is 2.12. The van der Waals surface area contributed by atoms with E-state index in [-0.39, 0.29) is 6.54 Å². The number of aromatic nitrogens is 3. The lowest BCUT2D eigenvalue weighted by Crippen LogP contribution is -2.43. The van der Waals surface area contributed by atoms with Gasteiger partial charge in [-0.2, -0.15) is 0 Å². The SMILES string of the molecule is CCCC(NC(=O)Cn1nc2ccccn2c1=O)C(=O)O. The van der Waals surface area contributed by atoms with E-state index in [4.69, 9.17) is 5.11 Å². The zero-order valence-electron chi connectivity index (χ0n) is 11.5. The summed E-state index contributed by atoms with van der Waals surface area (Å²) in [6, 6.07) is 4.11. The van der Waals surface area contributed by atoms with Crippen LogP contribution in [0.4, 0.5) is 0 Å². The fourth-order valence-corrected chi connectivity index (χ4v) is 1.99. The molecule has 8 nitrogen and oxygen atoms in total. The number of nitrogens with zero attached hydrogens (tertiary/aromatic N) is 3. The molecule has 0 bridgehead atoms. The molecule has 8 heteroatoms. The van der Waals surface area contributed by atoms with Gasteiger partial charge < -0.3 is 10.4 Å². The van der Waals surface area contributed by atoms with E-state index in [1.165, 1.54) is 4.40 Å². The number of hydrogen-bond acceptors (Lipinski definition) is 4. The molecule has 0 spiro atoms. The molecule has 21 heavy (non-hydrogen) atoms. The van der Waals surface area contributed by atoms with E-state index < -0.39 is 23.6 Å². The largest absolute Gasteiger partial charge is 0.480 e. The van der Waals surface area contributed by atoms with Crippen LogP contribution in [0, 0.1) is 0 Å². The molecular formula is C13H16N4O4. The van der Waals surface area contributed by atoms with Crippen molar-refractivity contribution >= 4 is 17.5 Å². The van der Waals surface area contributed by atoms with Crippen molar-refractivity contribution in [2.75, 3.05) is 0 Å². The van der Waals surface area contributed by atoms with Crippen molar-refractivity contribution in [2.45, 2.75) is 32.4 Å². The van der Waals surface area contributed by atoms with Crippen LogP contribution in [0.15, 0.2) is 29.2 Å². The van der Waals surface area contributed by atoms with E-state index in [0.29, 0.717) is 18.5 Å². The van der Waals surface area contributed by atoms with Crippen LogP contribution in [0.25, 0.3) is 5.65 Å². The van der Waals surface area contributed by atoms with Gasteiger partial charge in [-0.05, 0) is 18.6 Å².